The highest BCUT2D eigenvalue weighted by Gasteiger charge is 2.33. The summed E-state index contributed by atoms with van der Waals surface area (Å²) < 4.78 is 5.47. The molecule has 1 fully saturated rings. The van der Waals surface area contributed by atoms with Gasteiger partial charge in [0.1, 0.15) is 6.04 Å². The molecule has 1 aromatic heterocycles. The van der Waals surface area contributed by atoms with E-state index in [2.05, 4.69) is 15.0 Å². The van der Waals surface area contributed by atoms with Crippen LogP contribution in [0.5, 0.6) is 0 Å². The number of esters is 1. The molecule has 0 spiro atoms. The van der Waals surface area contributed by atoms with Crippen molar-refractivity contribution in [2.24, 2.45) is 0 Å². The Kier molecular flexibility index (Phi) is 3.85. The molecule has 2 aromatic rings. The highest BCUT2D eigenvalue weighted by atomic mass is 16.6. The lowest BCUT2D eigenvalue weighted by atomic mass is 10.2. The van der Waals surface area contributed by atoms with Crippen molar-refractivity contribution in [1.82, 2.24) is 14.9 Å². The number of benzene rings is 1. The average Bonchev–Trinajstić information content (AvgIpc) is 3.13. The zero-order valence-electron chi connectivity index (χ0n) is 12.3. The summed E-state index contributed by atoms with van der Waals surface area (Å²) in [5.41, 5.74) is -0.899. The Morgan fingerprint density at radius 1 is 1.20 bits per heavy atom. The standard InChI is InChI=1S/C13H9N5O7/c19-12-8(15-13(20)25-12)4-7-5-16(6-14-7)11-9(17(21)22)2-1-3-10(11)18(23)24/h1-3,5-6,8H,4H2,(H,15,20)/t8-/m0/s1. The largest absolute Gasteiger partial charge is 0.415 e. The molecule has 0 aliphatic carbocycles. The SMILES string of the molecule is O=C1N[C@@H](Cc2cn(-c3c([N+](=O)[O-])cccc3[N+](=O)[O-])cn2)C(=O)O1. The number of aromatic nitrogens is 2. The molecule has 0 radical (unpaired) electrons. The first-order chi connectivity index (χ1) is 11.9. The number of amides is 1. The number of nitro groups is 2. The fourth-order valence-corrected chi connectivity index (χ4v) is 2.41. The summed E-state index contributed by atoms with van der Waals surface area (Å²) in [6.45, 7) is 0. The molecule has 12 heteroatoms. The molecule has 0 saturated carbocycles. The number of carbonyl (C=O) groups is 2. The maximum Gasteiger partial charge on any atom is 0.415 e. The van der Waals surface area contributed by atoms with Crippen molar-refractivity contribution in [3.63, 3.8) is 0 Å². The van der Waals surface area contributed by atoms with Gasteiger partial charge in [-0.25, -0.2) is 14.6 Å². The lowest BCUT2D eigenvalue weighted by Gasteiger charge is -2.05. The highest BCUT2D eigenvalue weighted by Crippen LogP contribution is 2.32. The van der Waals surface area contributed by atoms with Crippen molar-refractivity contribution in [2.75, 3.05) is 0 Å². The van der Waals surface area contributed by atoms with E-state index in [-0.39, 0.29) is 17.8 Å². The summed E-state index contributed by atoms with van der Waals surface area (Å²) in [6.07, 6.45) is 1.58. The van der Waals surface area contributed by atoms with E-state index in [1.165, 1.54) is 12.3 Å². The second-order valence-corrected chi connectivity index (χ2v) is 5.04. The van der Waals surface area contributed by atoms with Gasteiger partial charge >= 0.3 is 12.1 Å². The van der Waals surface area contributed by atoms with Crippen LogP contribution in [0.15, 0.2) is 30.7 Å². The zero-order valence-corrected chi connectivity index (χ0v) is 12.3. The third kappa shape index (κ3) is 2.99. The molecule has 12 nitrogen and oxygen atoms in total. The van der Waals surface area contributed by atoms with Crippen LogP contribution in [0.4, 0.5) is 16.2 Å². The van der Waals surface area contributed by atoms with E-state index in [1.807, 2.05) is 0 Å². The van der Waals surface area contributed by atoms with Crippen LogP contribution in [0.25, 0.3) is 5.69 Å². The molecule has 3 rings (SSSR count). The van der Waals surface area contributed by atoms with Crippen molar-refractivity contribution in [2.45, 2.75) is 12.5 Å². The molecule has 1 aromatic carbocycles. The number of alkyl carbamates (subject to hydrolysis) is 1. The Balaban J connectivity index is 1.97. The normalized spacial score (nSPS) is 16.4. The van der Waals surface area contributed by atoms with E-state index in [9.17, 15) is 29.8 Å². The maximum atomic E-state index is 11.4. The molecule has 0 unspecified atom stereocenters. The highest BCUT2D eigenvalue weighted by molar-refractivity contribution is 5.95. The number of imidazole rings is 1. The quantitative estimate of drug-likeness (QED) is 0.361. The molecule has 1 N–H and O–H groups in total. The van der Waals surface area contributed by atoms with E-state index in [0.717, 1.165) is 23.0 Å². The lowest BCUT2D eigenvalue weighted by Crippen LogP contribution is -2.30. The molecule has 25 heavy (non-hydrogen) atoms. The van der Waals surface area contributed by atoms with Gasteiger partial charge in [0.15, 0.2) is 0 Å². The van der Waals surface area contributed by atoms with Crippen molar-refractivity contribution < 1.29 is 24.2 Å². The van der Waals surface area contributed by atoms with Crippen LogP contribution in [-0.4, -0.2) is 37.5 Å². The van der Waals surface area contributed by atoms with Gasteiger partial charge in [0.25, 0.3) is 11.4 Å². The van der Waals surface area contributed by atoms with Crippen LogP contribution < -0.4 is 5.32 Å². The van der Waals surface area contributed by atoms with Crippen LogP contribution in [0.1, 0.15) is 5.69 Å². The minimum atomic E-state index is -0.934. The van der Waals surface area contributed by atoms with E-state index in [4.69, 9.17) is 0 Å². The smallest absolute Gasteiger partial charge is 0.375 e. The molecule has 2 heterocycles. The van der Waals surface area contributed by atoms with Crippen LogP contribution in [0.2, 0.25) is 0 Å². The summed E-state index contributed by atoms with van der Waals surface area (Å²) in [7, 11) is 0. The summed E-state index contributed by atoms with van der Waals surface area (Å²) in [6, 6.07) is 2.55. The number of nitro benzene ring substituents is 2. The van der Waals surface area contributed by atoms with Crippen molar-refractivity contribution in [3.05, 3.63) is 56.6 Å². The Labute approximate surface area is 138 Å². The predicted molar refractivity (Wildman–Crippen MR) is 79.0 cm³/mol. The number of ether oxygens (including phenoxy) is 1. The third-order valence-electron chi connectivity index (χ3n) is 3.46. The van der Waals surface area contributed by atoms with E-state index >= 15 is 0 Å². The molecule has 1 saturated heterocycles. The van der Waals surface area contributed by atoms with Gasteiger partial charge in [-0.2, -0.15) is 0 Å². The average molecular weight is 347 g/mol. The second-order valence-electron chi connectivity index (χ2n) is 5.04. The maximum absolute atomic E-state index is 11.4. The van der Waals surface area contributed by atoms with Gasteiger partial charge in [-0.1, -0.05) is 0 Å². The topological polar surface area (TPSA) is 159 Å². The van der Waals surface area contributed by atoms with Gasteiger partial charge in [-0.05, 0) is 6.07 Å². The monoisotopic (exact) mass is 347 g/mol. The van der Waals surface area contributed by atoms with Gasteiger partial charge in [0, 0.05) is 24.8 Å². The van der Waals surface area contributed by atoms with Gasteiger partial charge < -0.3 is 10.1 Å². The Hall–Kier alpha value is -3.83. The number of nitrogens with zero attached hydrogens (tertiary/aromatic N) is 4. The van der Waals surface area contributed by atoms with E-state index < -0.39 is 39.3 Å². The molecular weight excluding hydrogens is 338 g/mol. The fourth-order valence-electron chi connectivity index (χ4n) is 2.41. The Morgan fingerprint density at radius 2 is 1.84 bits per heavy atom. The van der Waals surface area contributed by atoms with Crippen LogP contribution in [-0.2, 0) is 16.0 Å². The van der Waals surface area contributed by atoms with E-state index in [0.29, 0.717) is 0 Å². The van der Waals surface area contributed by atoms with Crippen LogP contribution in [0.3, 0.4) is 0 Å². The van der Waals surface area contributed by atoms with Crippen LogP contribution >= 0.6 is 0 Å². The number of hydrogen-bond donors (Lipinski definition) is 1. The third-order valence-corrected chi connectivity index (χ3v) is 3.46. The summed E-state index contributed by atoms with van der Waals surface area (Å²) in [5.74, 6) is -0.767. The molecule has 128 valence electrons. The van der Waals surface area contributed by atoms with Gasteiger partial charge in [0.05, 0.1) is 21.9 Å². The molecular formula is C13H9N5O7. The Bertz CT molecular complexity index is 874. The minimum absolute atomic E-state index is 0.0218. The number of hydrogen-bond acceptors (Lipinski definition) is 8. The molecule has 1 atom stereocenters. The number of cyclic esters (lactones) is 2. The Morgan fingerprint density at radius 3 is 2.36 bits per heavy atom. The number of carbonyl (C=O) groups excluding carboxylic acids is 2. The van der Waals surface area contributed by atoms with Crippen molar-refractivity contribution in [3.8, 4) is 5.69 Å². The summed E-state index contributed by atoms with van der Waals surface area (Å²) in [5, 5.41) is 24.6. The molecule has 1 amide bonds. The molecule has 0 bridgehead atoms. The second kappa shape index (κ2) is 5.99. The van der Waals surface area contributed by atoms with Crippen LogP contribution in [0, 0.1) is 20.2 Å². The van der Waals surface area contributed by atoms with Gasteiger partial charge in [-0.15, -0.1) is 0 Å². The van der Waals surface area contributed by atoms with Crippen molar-refractivity contribution >= 4 is 23.4 Å². The summed E-state index contributed by atoms with van der Waals surface area (Å²) >= 11 is 0. The first-order valence-electron chi connectivity index (χ1n) is 6.84. The van der Waals surface area contributed by atoms with Gasteiger partial charge in [-0.3, -0.25) is 24.8 Å². The first-order valence-corrected chi connectivity index (χ1v) is 6.84. The zero-order chi connectivity index (χ0) is 18.1. The first kappa shape index (κ1) is 16.0. The summed E-state index contributed by atoms with van der Waals surface area (Å²) in [4.78, 5) is 47.3. The van der Waals surface area contributed by atoms with E-state index in [1.54, 1.807) is 0 Å². The van der Waals surface area contributed by atoms with Crippen molar-refractivity contribution in [1.29, 1.82) is 0 Å². The number of rotatable bonds is 5. The fraction of sp³-hybridized carbons (Fsp3) is 0.154. The molecule has 1 aliphatic heterocycles. The molecule has 1 aliphatic rings. The minimum Gasteiger partial charge on any atom is -0.375 e. The lowest BCUT2D eigenvalue weighted by molar-refractivity contribution is -0.393. The predicted octanol–water partition coefficient (Wildman–Crippen LogP) is 0.866. The number of nitrogens with one attached hydrogen (secondary N) is 1. The van der Waals surface area contributed by atoms with Gasteiger partial charge in [0.2, 0.25) is 5.69 Å². The number of para-hydroxylation sites is 1.